The number of halogens is 2. The molecule has 9 heteroatoms. The molecule has 0 aliphatic rings. The first-order valence-corrected chi connectivity index (χ1v) is 12.3. The molecule has 0 spiro atoms. The standard InChI is InChI=1S/C27H36F2N4O3/c1-6-7-12-35-17-27(28,29)11-10-20-14-23-24(31-18-32-33(23)16-20)21-8-9-22(19(2)13-21)15-30-25(34)36-26(3,4)5/h8-9,13-14,16,18H,6-7,10-12,15,17H2,1-5H3,(H,30,34). The highest BCUT2D eigenvalue weighted by Crippen LogP contribution is 2.27. The first-order chi connectivity index (χ1) is 17.0. The summed E-state index contributed by atoms with van der Waals surface area (Å²) in [5.41, 5.74) is 4.47. The van der Waals surface area contributed by atoms with Gasteiger partial charge in [-0.3, -0.25) is 0 Å². The van der Waals surface area contributed by atoms with Gasteiger partial charge in [0.2, 0.25) is 0 Å². The number of unbranched alkanes of at least 4 members (excludes halogenated alkanes) is 1. The van der Waals surface area contributed by atoms with Gasteiger partial charge in [-0.25, -0.2) is 23.1 Å². The van der Waals surface area contributed by atoms with E-state index < -0.39 is 24.2 Å². The number of carbonyl (C=O) groups is 1. The summed E-state index contributed by atoms with van der Waals surface area (Å²) in [6, 6.07) is 7.71. The Balaban J connectivity index is 1.69. The van der Waals surface area contributed by atoms with Crippen LogP contribution in [0.5, 0.6) is 0 Å². The zero-order valence-electron chi connectivity index (χ0n) is 21.7. The Morgan fingerprint density at radius 2 is 1.97 bits per heavy atom. The molecule has 1 aromatic carbocycles. The predicted octanol–water partition coefficient (Wildman–Crippen LogP) is 6.11. The highest BCUT2D eigenvalue weighted by molar-refractivity contribution is 5.77. The number of nitrogens with one attached hydrogen (secondary N) is 1. The number of rotatable bonds is 11. The maximum absolute atomic E-state index is 14.2. The second-order valence-corrected chi connectivity index (χ2v) is 10.0. The number of aromatic nitrogens is 3. The van der Waals surface area contributed by atoms with Crippen molar-refractivity contribution in [1.29, 1.82) is 0 Å². The fourth-order valence-electron chi connectivity index (χ4n) is 3.73. The summed E-state index contributed by atoms with van der Waals surface area (Å²) in [4.78, 5) is 16.4. The minimum absolute atomic E-state index is 0.210. The van der Waals surface area contributed by atoms with E-state index in [2.05, 4.69) is 15.4 Å². The SMILES string of the molecule is CCCCOCC(F)(F)CCc1cc2c(-c3ccc(CNC(=O)OC(C)(C)C)c(C)c3)ncnn2c1. The molecule has 0 unspecified atom stereocenters. The third-order valence-electron chi connectivity index (χ3n) is 5.64. The van der Waals surface area contributed by atoms with E-state index in [0.29, 0.717) is 18.8 Å². The second-order valence-electron chi connectivity index (χ2n) is 10.0. The van der Waals surface area contributed by atoms with Crippen LogP contribution in [0.4, 0.5) is 13.6 Å². The average molecular weight is 503 g/mol. The minimum Gasteiger partial charge on any atom is -0.444 e. The summed E-state index contributed by atoms with van der Waals surface area (Å²) in [6.07, 6.45) is 4.36. The Bertz CT molecular complexity index is 1170. The summed E-state index contributed by atoms with van der Waals surface area (Å²) in [5, 5.41) is 7.02. The lowest BCUT2D eigenvalue weighted by molar-refractivity contribution is -0.0821. The summed E-state index contributed by atoms with van der Waals surface area (Å²) in [6.45, 7) is 9.55. The number of hydrogen-bond donors (Lipinski definition) is 1. The van der Waals surface area contributed by atoms with Crippen LogP contribution in [0.25, 0.3) is 16.8 Å². The molecular formula is C27H36F2N4O3. The van der Waals surface area contributed by atoms with Crippen LogP contribution in [0, 0.1) is 6.92 Å². The van der Waals surface area contributed by atoms with Crippen molar-refractivity contribution in [2.75, 3.05) is 13.2 Å². The normalized spacial score (nSPS) is 12.2. The van der Waals surface area contributed by atoms with Gasteiger partial charge in [-0.05, 0) is 69.4 Å². The Morgan fingerprint density at radius 1 is 1.19 bits per heavy atom. The van der Waals surface area contributed by atoms with Gasteiger partial charge in [0.15, 0.2) is 0 Å². The number of alkyl carbamates (subject to hydrolysis) is 1. The zero-order chi connectivity index (χ0) is 26.3. The van der Waals surface area contributed by atoms with Crippen molar-refractivity contribution in [3.63, 3.8) is 0 Å². The van der Waals surface area contributed by atoms with Crippen molar-refractivity contribution in [3.05, 3.63) is 53.5 Å². The molecule has 0 fully saturated rings. The van der Waals surface area contributed by atoms with E-state index in [1.807, 2.05) is 58.9 Å². The van der Waals surface area contributed by atoms with Gasteiger partial charge in [0.05, 0.1) is 11.2 Å². The molecule has 0 radical (unpaired) electrons. The van der Waals surface area contributed by atoms with Crippen LogP contribution in [0.3, 0.4) is 0 Å². The third-order valence-corrected chi connectivity index (χ3v) is 5.64. The molecule has 3 rings (SSSR count). The van der Waals surface area contributed by atoms with Crippen LogP contribution in [0.1, 0.15) is 63.6 Å². The molecule has 3 aromatic rings. The van der Waals surface area contributed by atoms with Gasteiger partial charge in [-0.15, -0.1) is 0 Å². The summed E-state index contributed by atoms with van der Waals surface area (Å²) < 4.78 is 40.5. The monoisotopic (exact) mass is 502 g/mol. The third kappa shape index (κ3) is 7.98. The van der Waals surface area contributed by atoms with Crippen LogP contribution in [-0.2, 0) is 22.4 Å². The Hall–Kier alpha value is -3.07. The highest BCUT2D eigenvalue weighted by atomic mass is 19.3. The molecule has 7 nitrogen and oxygen atoms in total. The minimum atomic E-state index is -2.88. The smallest absolute Gasteiger partial charge is 0.407 e. The van der Waals surface area contributed by atoms with E-state index in [-0.39, 0.29) is 12.8 Å². The lowest BCUT2D eigenvalue weighted by Crippen LogP contribution is -2.32. The fourth-order valence-corrected chi connectivity index (χ4v) is 3.73. The number of carbonyl (C=O) groups excluding carboxylic acids is 1. The molecular weight excluding hydrogens is 466 g/mol. The van der Waals surface area contributed by atoms with Gasteiger partial charge < -0.3 is 14.8 Å². The van der Waals surface area contributed by atoms with Gasteiger partial charge >= 0.3 is 6.09 Å². The predicted molar refractivity (Wildman–Crippen MR) is 135 cm³/mol. The Labute approximate surface area is 211 Å². The van der Waals surface area contributed by atoms with Crippen molar-refractivity contribution < 1.29 is 23.0 Å². The summed E-state index contributed by atoms with van der Waals surface area (Å²) in [5.74, 6) is -2.88. The highest BCUT2D eigenvalue weighted by Gasteiger charge is 2.29. The fraction of sp³-hybridized carbons (Fsp3) is 0.519. The van der Waals surface area contributed by atoms with Crippen LogP contribution in [0.15, 0.2) is 36.8 Å². The van der Waals surface area contributed by atoms with Gasteiger partial charge in [-0.2, -0.15) is 5.10 Å². The number of nitrogens with zero attached hydrogens (tertiary/aromatic N) is 3. The zero-order valence-corrected chi connectivity index (χ0v) is 21.7. The molecule has 1 amide bonds. The molecule has 0 saturated heterocycles. The molecule has 0 aliphatic heterocycles. The van der Waals surface area contributed by atoms with Crippen molar-refractivity contribution in [3.8, 4) is 11.3 Å². The maximum Gasteiger partial charge on any atom is 0.407 e. The first kappa shape index (κ1) is 27.5. The van der Waals surface area contributed by atoms with E-state index in [4.69, 9.17) is 9.47 Å². The van der Waals surface area contributed by atoms with Crippen LogP contribution in [-0.4, -0.2) is 45.4 Å². The van der Waals surface area contributed by atoms with Crippen molar-refractivity contribution in [2.45, 2.75) is 78.4 Å². The van der Waals surface area contributed by atoms with E-state index >= 15 is 0 Å². The molecule has 196 valence electrons. The van der Waals surface area contributed by atoms with E-state index in [1.165, 1.54) is 6.33 Å². The Morgan fingerprint density at radius 3 is 2.67 bits per heavy atom. The number of fused-ring (bicyclic) bond motifs is 1. The topological polar surface area (TPSA) is 77.8 Å². The molecule has 1 N–H and O–H groups in total. The lowest BCUT2D eigenvalue weighted by Gasteiger charge is -2.20. The number of hydrogen-bond acceptors (Lipinski definition) is 5. The van der Waals surface area contributed by atoms with Gasteiger partial charge in [0.1, 0.15) is 18.5 Å². The number of alkyl halides is 2. The van der Waals surface area contributed by atoms with E-state index in [9.17, 15) is 13.6 Å². The lowest BCUT2D eigenvalue weighted by atomic mass is 10.0. The molecule has 0 saturated carbocycles. The quantitative estimate of drug-likeness (QED) is 0.320. The average Bonchev–Trinajstić information content (AvgIpc) is 3.22. The molecule has 2 aromatic heterocycles. The molecule has 0 aliphatic carbocycles. The van der Waals surface area contributed by atoms with Crippen molar-refractivity contribution in [1.82, 2.24) is 19.9 Å². The largest absolute Gasteiger partial charge is 0.444 e. The summed E-state index contributed by atoms with van der Waals surface area (Å²) in [7, 11) is 0. The number of ether oxygens (including phenoxy) is 2. The van der Waals surface area contributed by atoms with Crippen molar-refractivity contribution >= 4 is 11.6 Å². The van der Waals surface area contributed by atoms with Gasteiger partial charge in [0.25, 0.3) is 5.92 Å². The van der Waals surface area contributed by atoms with Crippen LogP contribution in [0.2, 0.25) is 0 Å². The second kappa shape index (κ2) is 11.8. The summed E-state index contributed by atoms with van der Waals surface area (Å²) >= 11 is 0. The maximum atomic E-state index is 14.2. The van der Waals surface area contributed by atoms with Gasteiger partial charge in [-0.1, -0.05) is 25.5 Å². The molecule has 0 atom stereocenters. The number of aryl methyl sites for hydroxylation is 2. The number of benzene rings is 1. The number of amides is 1. The Kier molecular flexibility index (Phi) is 9.00. The van der Waals surface area contributed by atoms with Crippen molar-refractivity contribution in [2.24, 2.45) is 0 Å². The molecule has 2 heterocycles. The molecule has 0 bridgehead atoms. The van der Waals surface area contributed by atoms with Crippen LogP contribution < -0.4 is 5.32 Å². The van der Waals surface area contributed by atoms with Crippen LogP contribution >= 0.6 is 0 Å². The van der Waals surface area contributed by atoms with E-state index in [1.54, 1.807) is 10.7 Å². The molecule has 36 heavy (non-hydrogen) atoms. The van der Waals surface area contributed by atoms with E-state index in [0.717, 1.165) is 40.6 Å². The first-order valence-electron chi connectivity index (χ1n) is 12.3. The van der Waals surface area contributed by atoms with Gasteiger partial charge in [0, 0.05) is 31.3 Å².